The number of aliphatic carboxylic acids is 1. The van der Waals surface area contributed by atoms with Crippen LogP contribution in [0.4, 0.5) is 4.39 Å². The first-order chi connectivity index (χ1) is 12.3. The number of hydrogen-bond acceptors (Lipinski definition) is 5. The second-order valence-corrected chi connectivity index (χ2v) is 6.78. The van der Waals surface area contributed by atoms with E-state index in [0.717, 1.165) is 19.3 Å². The Labute approximate surface area is 156 Å². The summed E-state index contributed by atoms with van der Waals surface area (Å²) in [5.41, 5.74) is 1.32. The topological polar surface area (TPSA) is 77.4 Å². The van der Waals surface area contributed by atoms with Crippen LogP contribution in [0.25, 0.3) is 0 Å². The maximum Gasteiger partial charge on any atom is 0.364 e. The highest BCUT2D eigenvalue weighted by molar-refractivity contribution is 6.31. The van der Waals surface area contributed by atoms with Gasteiger partial charge in [0.1, 0.15) is 12.4 Å². The van der Waals surface area contributed by atoms with Gasteiger partial charge in [0.05, 0.1) is 23.9 Å². The second-order valence-electron chi connectivity index (χ2n) is 6.37. The van der Waals surface area contributed by atoms with E-state index in [4.69, 9.17) is 31.0 Å². The van der Waals surface area contributed by atoms with Gasteiger partial charge in [0.2, 0.25) is 0 Å². The van der Waals surface area contributed by atoms with Crippen LogP contribution in [0.5, 0.6) is 0 Å². The minimum absolute atomic E-state index is 0.0490. The predicted molar refractivity (Wildman–Crippen MR) is 94.9 cm³/mol. The van der Waals surface area contributed by atoms with E-state index in [9.17, 15) is 9.18 Å². The fourth-order valence-electron chi connectivity index (χ4n) is 2.45. The Balaban J connectivity index is 1.63. The van der Waals surface area contributed by atoms with Crippen LogP contribution in [0.2, 0.25) is 5.02 Å². The van der Waals surface area contributed by atoms with E-state index in [2.05, 4.69) is 5.16 Å². The van der Waals surface area contributed by atoms with Gasteiger partial charge in [-0.25, -0.2) is 9.18 Å². The van der Waals surface area contributed by atoms with Gasteiger partial charge in [-0.2, -0.15) is 0 Å². The zero-order valence-electron chi connectivity index (χ0n) is 14.8. The molecular formula is C18H23ClFNO5. The molecule has 0 atom stereocenters. The molecule has 1 aliphatic heterocycles. The Bertz CT molecular complexity index is 659. The second kappa shape index (κ2) is 9.30. The van der Waals surface area contributed by atoms with Gasteiger partial charge >= 0.3 is 5.97 Å². The van der Waals surface area contributed by atoms with Gasteiger partial charge in [-0.1, -0.05) is 22.8 Å². The molecule has 1 aromatic rings. The molecule has 0 saturated carbocycles. The average Bonchev–Trinajstić information content (AvgIpc) is 2.61. The molecule has 1 aromatic carbocycles. The van der Waals surface area contributed by atoms with E-state index >= 15 is 0 Å². The third-order valence-corrected chi connectivity index (χ3v) is 4.50. The molecule has 2 rings (SSSR count). The molecule has 0 aliphatic carbocycles. The summed E-state index contributed by atoms with van der Waals surface area (Å²) in [5.74, 6) is -2.94. The van der Waals surface area contributed by atoms with Crippen LogP contribution in [-0.4, -0.2) is 42.4 Å². The Morgan fingerprint density at radius 2 is 2.12 bits per heavy atom. The number of carboxylic acids is 1. The lowest BCUT2D eigenvalue weighted by Gasteiger charge is -2.34. The molecule has 26 heavy (non-hydrogen) atoms. The molecule has 0 radical (unpaired) electrons. The Hall–Kier alpha value is -1.70. The van der Waals surface area contributed by atoms with E-state index in [-0.39, 0.29) is 10.9 Å². The lowest BCUT2D eigenvalue weighted by Crippen LogP contribution is -2.47. The molecule has 0 unspecified atom stereocenters. The molecule has 1 heterocycles. The molecule has 1 N–H and O–H groups in total. The summed E-state index contributed by atoms with van der Waals surface area (Å²) in [6.07, 6.45) is 2.54. The zero-order chi connectivity index (χ0) is 19.2. The Kier molecular flexibility index (Phi) is 7.37. The van der Waals surface area contributed by atoms with Gasteiger partial charge in [0.25, 0.3) is 5.79 Å². The van der Waals surface area contributed by atoms with Gasteiger partial charge in [-0.3, -0.25) is 0 Å². The van der Waals surface area contributed by atoms with Crippen molar-refractivity contribution in [3.05, 3.63) is 34.6 Å². The van der Waals surface area contributed by atoms with Crippen molar-refractivity contribution < 1.29 is 28.6 Å². The fourth-order valence-corrected chi connectivity index (χ4v) is 2.63. The van der Waals surface area contributed by atoms with Crippen molar-refractivity contribution in [2.45, 2.75) is 38.9 Å². The highest BCUT2D eigenvalue weighted by atomic mass is 35.5. The fraction of sp³-hybridized carbons (Fsp3) is 0.556. The lowest BCUT2D eigenvalue weighted by molar-refractivity contribution is -0.271. The number of hydrogen-bond donors (Lipinski definition) is 1. The van der Waals surface area contributed by atoms with Crippen molar-refractivity contribution in [3.8, 4) is 0 Å². The van der Waals surface area contributed by atoms with Crippen LogP contribution in [0.15, 0.2) is 23.4 Å². The number of nitrogens with zero attached hydrogens (tertiary/aromatic N) is 1. The normalized spacial score (nSPS) is 23.7. The number of oxime groups is 1. The number of rotatable bonds is 8. The molecule has 0 spiro atoms. The summed E-state index contributed by atoms with van der Waals surface area (Å²) < 4.78 is 23.7. The number of carbonyl (C=O) groups is 1. The minimum atomic E-state index is -1.53. The summed E-state index contributed by atoms with van der Waals surface area (Å²) >= 11 is 5.75. The van der Waals surface area contributed by atoms with E-state index in [1.165, 1.54) is 19.1 Å². The highest BCUT2D eigenvalue weighted by Gasteiger charge is 2.40. The van der Waals surface area contributed by atoms with Crippen LogP contribution in [0.3, 0.4) is 0 Å². The van der Waals surface area contributed by atoms with Crippen molar-refractivity contribution in [3.63, 3.8) is 0 Å². The maximum atomic E-state index is 13.1. The van der Waals surface area contributed by atoms with Crippen molar-refractivity contribution in [1.29, 1.82) is 0 Å². The molecule has 0 aromatic heterocycles. The summed E-state index contributed by atoms with van der Waals surface area (Å²) in [6.45, 7) is 4.36. The maximum absolute atomic E-state index is 13.1. The monoisotopic (exact) mass is 387 g/mol. The summed E-state index contributed by atoms with van der Waals surface area (Å²) in [6, 6.07) is 4.39. The molecule has 1 saturated heterocycles. The van der Waals surface area contributed by atoms with Crippen LogP contribution in [0.1, 0.15) is 38.7 Å². The largest absolute Gasteiger partial charge is 0.477 e. The van der Waals surface area contributed by atoms with Gasteiger partial charge < -0.3 is 19.4 Å². The highest BCUT2D eigenvalue weighted by Crippen LogP contribution is 2.24. The molecule has 1 aliphatic rings. The van der Waals surface area contributed by atoms with E-state index in [0.29, 0.717) is 31.1 Å². The SMILES string of the molecule is CC(=NOCCCCC1COC(C)(C(=O)O)OC1)c1ccc(F)c(Cl)c1. The van der Waals surface area contributed by atoms with Crippen LogP contribution in [0, 0.1) is 11.7 Å². The minimum Gasteiger partial charge on any atom is -0.477 e. The number of ether oxygens (including phenoxy) is 2. The van der Waals surface area contributed by atoms with Crippen molar-refractivity contribution in [1.82, 2.24) is 0 Å². The number of halogens is 2. The Morgan fingerprint density at radius 1 is 1.42 bits per heavy atom. The van der Waals surface area contributed by atoms with Gasteiger partial charge in [0.15, 0.2) is 0 Å². The first kappa shape index (κ1) is 20.6. The molecule has 8 heteroatoms. The summed E-state index contributed by atoms with van der Waals surface area (Å²) in [5, 5.41) is 13.1. The van der Waals surface area contributed by atoms with Crippen LogP contribution in [-0.2, 0) is 19.1 Å². The summed E-state index contributed by atoms with van der Waals surface area (Å²) in [7, 11) is 0. The smallest absolute Gasteiger partial charge is 0.364 e. The first-order valence-electron chi connectivity index (χ1n) is 8.45. The number of benzene rings is 1. The molecule has 1 fully saturated rings. The van der Waals surface area contributed by atoms with Gasteiger partial charge in [-0.15, -0.1) is 0 Å². The van der Waals surface area contributed by atoms with Gasteiger partial charge in [0, 0.05) is 18.4 Å². The first-order valence-corrected chi connectivity index (χ1v) is 8.83. The number of unbranched alkanes of at least 4 members (excludes halogenated alkanes) is 1. The van der Waals surface area contributed by atoms with Crippen molar-refractivity contribution in [2.75, 3.05) is 19.8 Å². The van der Waals surface area contributed by atoms with E-state index in [1.54, 1.807) is 13.0 Å². The predicted octanol–water partition coefficient (Wildman–Crippen LogP) is 3.85. The molecular weight excluding hydrogens is 365 g/mol. The van der Waals surface area contributed by atoms with Crippen molar-refractivity contribution in [2.24, 2.45) is 11.1 Å². The van der Waals surface area contributed by atoms with Crippen LogP contribution >= 0.6 is 11.6 Å². The van der Waals surface area contributed by atoms with E-state index < -0.39 is 17.6 Å². The summed E-state index contributed by atoms with van der Waals surface area (Å²) in [4.78, 5) is 16.3. The third-order valence-electron chi connectivity index (χ3n) is 4.21. The standard InChI is InChI=1S/C18H23ClFNO5/c1-12(14-6-7-16(20)15(19)9-14)21-26-8-4-3-5-13-10-24-18(2,17(22)23)25-11-13/h6-7,9,13H,3-5,8,10-11H2,1-2H3,(H,22,23). The van der Waals surface area contributed by atoms with Crippen LogP contribution < -0.4 is 0 Å². The Morgan fingerprint density at radius 3 is 2.73 bits per heavy atom. The van der Waals surface area contributed by atoms with Gasteiger partial charge in [-0.05, 0) is 38.3 Å². The van der Waals surface area contributed by atoms with E-state index in [1.807, 2.05) is 0 Å². The lowest BCUT2D eigenvalue weighted by atomic mass is 10.0. The average molecular weight is 388 g/mol. The molecule has 6 nitrogen and oxygen atoms in total. The number of carboxylic acid groups (broad SMARTS) is 1. The molecule has 0 bridgehead atoms. The quantitative estimate of drug-likeness (QED) is 0.416. The molecule has 144 valence electrons. The zero-order valence-corrected chi connectivity index (χ0v) is 15.6. The third kappa shape index (κ3) is 5.65. The van der Waals surface area contributed by atoms with Crippen molar-refractivity contribution >= 4 is 23.3 Å². The molecule has 0 amide bonds.